The molecule has 0 saturated carbocycles. The van der Waals surface area contributed by atoms with Crippen molar-refractivity contribution in [2.24, 2.45) is 7.05 Å². The second-order valence-electron chi connectivity index (χ2n) is 4.55. The highest BCUT2D eigenvalue weighted by Crippen LogP contribution is 2.19. The van der Waals surface area contributed by atoms with Crippen LogP contribution < -0.4 is 5.32 Å². The molecule has 2 aromatic rings. The fourth-order valence-corrected chi connectivity index (χ4v) is 1.96. The topological polar surface area (TPSA) is 52.0 Å². The summed E-state index contributed by atoms with van der Waals surface area (Å²) in [7, 11) is 3.66. The van der Waals surface area contributed by atoms with Gasteiger partial charge in [0.25, 0.3) is 0 Å². The van der Waals surface area contributed by atoms with E-state index in [9.17, 15) is 0 Å². The van der Waals surface area contributed by atoms with Crippen LogP contribution in [0.5, 0.6) is 0 Å². The quantitative estimate of drug-likeness (QED) is 0.866. The Kier molecular flexibility index (Phi) is 4.52. The van der Waals surface area contributed by atoms with E-state index in [1.807, 2.05) is 23.7 Å². The van der Waals surface area contributed by atoms with Crippen LogP contribution >= 0.6 is 0 Å². The molecule has 0 aliphatic carbocycles. The summed E-state index contributed by atoms with van der Waals surface area (Å²) >= 11 is 0. The summed E-state index contributed by atoms with van der Waals surface area (Å²) in [6.45, 7) is 2.85. The van der Waals surface area contributed by atoms with E-state index in [2.05, 4.69) is 34.6 Å². The summed E-state index contributed by atoms with van der Waals surface area (Å²) in [4.78, 5) is 0. The first-order valence-electron chi connectivity index (χ1n) is 6.44. The van der Waals surface area contributed by atoms with Crippen LogP contribution in [0.15, 0.2) is 30.6 Å². The van der Waals surface area contributed by atoms with Gasteiger partial charge in [0.2, 0.25) is 0 Å². The molecule has 1 unspecified atom stereocenters. The molecule has 5 heteroatoms. The first-order chi connectivity index (χ1) is 9.24. The van der Waals surface area contributed by atoms with Gasteiger partial charge in [0, 0.05) is 31.5 Å². The Hall–Kier alpha value is -1.88. The van der Waals surface area contributed by atoms with E-state index in [1.54, 1.807) is 13.4 Å². The standard InChI is InChI=1S/C14H20N4O/c1-4-12(9-19-3)16-13-7-5-11(6-8-13)14-17-15-10-18(14)2/h5-8,10,12,16H,4,9H2,1-3H3. The van der Waals surface area contributed by atoms with Crippen molar-refractivity contribution >= 4 is 5.69 Å². The summed E-state index contributed by atoms with van der Waals surface area (Å²) in [5.74, 6) is 0.871. The van der Waals surface area contributed by atoms with Gasteiger partial charge >= 0.3 is 0 Å². The molecule has 0 amide bonds. The van der Waals surface area contributed by atoms with Crippen LogP contribution in [0.2, 0.25) is 0 Å². The molecule has 5 nitrogen and oxygen atoms in total. The highest BCUT2D eigenvalue weighted by Gasteiger charge is 2.07. The average Bonchev–Trinajstić information content (AvgIpc) is 2.85. The molecular formula is C14H20N4O. The van der Waals surface area contributed by atoms with E-state index in [4.69, 9.17) is 4.74 Å². The molecule has 0 aliphatic rings. The summed E-state index contributed by atoms with van der Waals surface area (Å²) in [6.07, 6.45) is 2.73. The molecule has 0 spiro atoms. The fraction of sp³-hybridized carbons (Fsp3) is 0.429. The first-order valence-corrected chi connectivity index (χ1v) is 6.44. The van der Waals surface area contributed by atoms with E-state index in [0.717, 1.165) is 23.5 Å². The van der Waals surface area contributed by atoms with Gasteiger partial charge in [0.15, 0.2) is 5.82 Å². The number of rotatable bonds is 6. The number of aryl methyl sites for hydroxylation is 1. The van der Waals surface area contributed by atoms with E-state index in [0.29, 0.717) is 12.6 Å². The Morgan fingerprint density at radius 2 is 2.05 bits per heavy atom. The molecule has 1 heterocycles. The summed E-state index contributed by atoms with van der Waals surface area (Å²) in [5.41, 5.74) is 2.15. The first kappa shape index (κ1) is 13.5. The van der Waals surface area contributed by atoms with Gasteiger partial charge < -0.3 is 14.6 Å². The molecule has 19 heavy (non-hydrogen) atoms. The highest BCUT2D eigenvalue weighted by molar-refractivity contribution is 5.59. The third kappa shape index (κ3) is 3.32. The lowest BCUT2D eigenvalue weighted by molar-refractivity contribution is 0.184. The van der Waals surface area contributed by atoms with E-state index in [-0.39, 0.29) is 0 Å². The lowest BCUT2D eigenvalue weighted by Gasteiger charge is -2.17. The van der Waals surface area contributed by atoms with Crippen LogP contribution in [0.3, 0.4) is 0 Å². The van der Waals surface area contributed by atoms with Crippen molar-refractivity contribution in [3.63, 3.8) is 0 Å². The van der Waals surface area contributed by atoms with E-state index >= 15 is 0 Å². The predicted molar refractivity (Wildman–Crippen MR) is 76.0 cm³/mol. The monoisotopic (exact) mass is 260 g/mol. The molecule has 1 aromatic heterocycles. The fourth-order valence-electron chi connectivity index (χ4n) is 1.96. The van der Waals surface area contributed by atoms with Crippen molar-refractivity contribution in [3.8, 4) is 11.4 Å². The maximum atomic E-state index is 5.18. The van der Waals surface area contributed by atoms with Crippen molar-refractivity contribution in [2.45, 2.75) is 19.4 Å². The third-order valence-electron chi connectivity index (χ3n) is 3.09. The smallest absolute Gasteiger partial charge is 0.163 e. The number of benzene rings is 1. The molecule has 102 valence electrons. The number of hydrogen-bond donors (Lipinski definition) is 1. The molecule has 0 bridgehead atoms. The van der Waals surface area contributed by atoms with Gasteiger partial charge in [-0.2, -0.15) is 0 Å². The second-order valence-corrected chi connectivity index (χ2v) is 4.55. The van der Waals surface area contributed by atoms with Crippen molar-refractivity contribution in [1.82, 2.24) is 14.8 Å². The summed E-state index contributed by atoms with van der Waals surface area (Å²) < 4.78 is 7.09. The van der Waals surface area contributed by atoms with Crippen molar-refractivity contribution in [1.29, 1.82) is 0 Å². The van der Waals surface area contributed by atoms with Gasteiger partial charge in [-0.05, 0) is 30.7 Å². The van der Waals surface area contributed by atoms with Crippen LogP contribution in [0.4, 0.5) is 5.69 Å². The van der Waals surface area contributed by atoms with Crippen LogP contribution in [-0.4, -0.2) is 34.5 Å². The zero-order valence-corrected chi connectivity index (χ0v) is 11.6. The average molecular weight is 260 g/mol. The van der Waals surface area contributed by atoms with Gasteiger partial charge in [-0.3, -0.25) is 0 Å². The normalized spacial score (nSPS) is 12.4. The molecule has 0 aliphatic heterocycles. The molecule has 1 N–H and O–H groups in total. The number of nitrogens with zero attached hydrogens (tertiary/aromatic N) is 3. The SMILES string of the molecule is CCC(COC)Nc1ccc(-c2nncn2C)cc1. The van der Waals surface area contributed by atoms with Crippen molar-refractivity contribution in [2.75, 3.05) is 19.0 Å². The van der Waals surface area contributed by atoms with Gasteiger partial charge in [0.05, 0.1) is 6.61 Å². The summed E-state index contributed by atoms with van der Waals surface area (Å²) in [6, 6.07) is 8.55. The molecule has 1 aromatic carbocycles. The Labute approximate surface area is 113 Å². The zero-order valence-electron chi connectivity index (χ0n) is 11.6. The molecule has 1 atom stereocenters. The third-order valence-corrected chi connectivity index (χ3v) is 3.09. The van der Waals surface area contributed by atoms with Crippen LogP contribution in [-0.2, 0) is 11.8 Å². The zero-order chi connectivity index (χ0) is 13.7. The minimum Gasteiger partial charge on any atom is -0.383 e. The lowest BCUT2D eigenvalue weighted by Crippen LogP contribution is -2.23. The van der Waals surface area contributed by atoms with Crippen LogP contribution in [0.1, 0.15) is 13.3 Å². The van der Waals surface area contributed by atoms with Gasteiger partial charge in [0.1, 0.15) is 6.33 Å². The number of anilines is 1. The number of nitrogens with one attached hydrogen (secondary N) is 1. The summed E-state index contributed by atoms with van der Waals surface area (Å²) in [5, 5.41) is 11.4. The van der Waals surface area contributed by atoms with Gasteiger partial charge in [-0.1, -0.05) is 6.92 Å². The maximum absolute atomic E-state index is 5.18. The Balaban J connectivity index is 2.08. The van der Waals surface area contributed by atoms with Gasteiger partial charge in [-0.25, -0.2) is 0 Å². The minimum atomic E-state index is 0.339. The molecule has 0 radical (unpaired) electrons. The second kappa shape index (κ2) is 6.33. The number of aromatic nitrogens is 3. The van der Waals surface area contributed by atoms with Crippen molar-refractivity contribution in [3.05, 3.63) is 30.6 Å². The molecular weight excluding hydrogens is 240 g/mol. The molecule has 2 rings (SSSR count). The van der Waals surface area contributed by atoms with Gasteiger partial charge in [-0.15, -0.1) is 10.2 Å². The van der Waals surface area contributed by atoms with Crippen LogP contribution in [0, 0.1) is 0 Å². The van der Waals surface area contributed by atoms with E-state index in [1.165, 1.54) is 0 Å². The highest BCUT2D eigenvalue weighted by atomic mass is 16.5. The number of ether oxygens (including phenoxy) is 1. The van der Waals surface area contributed by atoms with Crippen LogP contribution in [0.25, 0.3) is 11.4 Å². The number of hydrogen-bond acceptors (Lipinski definition) is 4. The largest absolute Gasteiger partial charge is 0.383 e. The maximum Gasteiger partial charge on any atom is 0.163 e. The minimum absolute atomic E-state index is 0.339. The molecule has 0 saturated heterocycles. The van der Waals surface area contributed by atoms with E-state index < -0.39 is 0 Å². The molecule has 0 fully saturated rings. The van der Waals surface area contributed by atoms with Crippen molar-refractivity contribution < 1.29 is 4.74 Å². The Morgan fingerprint density at radius 1 is 1.32 bits per heavy atom. The Morgan fingerprint density at radius 3 is 2.58 bits per heavy atom. The predicted octanol–water partition coefficient (Wildman–Crippen LogP) is 2.32. The number of methoxy groups -OCH3 is 1. The lowest BCUT2D eigenvalue weighted by atomic mass is 10.1. The Bertz CT molecular complexity index is 506.